The van der Waals surface area contributed by atoms with Crippen molar-refractivity contribution in [1.82, 2.24) is 5.32 Å². The first kappa shape index (κ1) is 9.01. The Morgan fingerprint density at radius 1 is 0.909 bits per heavy atom. The van der Waals surface area contributed by atoms with Crippen LogP contribution in [0.3, 0.4) is 0 Å². The second kappa shape index (κ2) is 5.56. The number of rotatable bonds is 0. The van der Waals surface area contributed by atoms with E-state index < -0.39 is 0 Å². The quantitative estimate of drug-likeness (QED) is 0.555. The lowest BCUT2D eigenvalue weighted by molar-refractivity contribution is 0.146. The Morgan fingerprint density at radius 2 is 1.64 bits per heavy atom. The molecule has 0 radical (unpaired) electrons. The largest absolute Gasteiger partial charge is 0.393 e. The average Bonchev–Trinajstić information content (AvgIpc) is 2.03. The van der Waals surface area contributed by atoms with Crippen molar-refractivity contribution in [2.45, 2.75) is 44.6 Å². The summed E-state index contributed by atoms with van der Waals surface area (Å²) in [6.45, 7) is 2.24. The van der Waals surface area contributed by atoms with E-state index in [1.807, 2.05) is 0 Å². The van der Waals surface area contributed by atoms with E-state index in [-0.39, 0.29) is 6.10 Å². The molecule has 0 saturated carbocycles. The minimum atomic E-state index is -0.0325. The van der Waals surface area contributed by atoms with E-state index in [0.29, 0.717) is 0 Å². The van der Waals surface area contributed by atoms with Gasteiger partial charge in [0.25, 0.3) is 0 Å². The van der Waals surface area contributed by atoms with Gasteiger partial charge in [-0.2, -0.15) is 0 Å². The number of aliphatic hydroxyl groups is 1. The van der Waals surface area contributed by atoms with Crippen molar-refractivity contribution in [3.63, 3.8) is 0 Å². The van der Waals surface area contributed by atoms with Crippen molar-refractivity contribution in [1.29, 1.82) is 0 Å². The van der Waals surface area contributed by atoms with E-state index in [4.69, 9.17) is 0 Å². The second-order valence-corrected chi connectivity index (χ2v) is 3.40. The summed E-state index contributed by atoms with van der Waals surface area (Å²) in [4.78, 5) is 0. The van der Waals surface area contributed by atoms with E-state index in [1.165, 1.54) is 19.3 Å². The lowest BCUT2D eigenvalue weighted by Gasteiger charge is -2.13. The Kier molecular flexibility index (Phi) is 4.55. The van der Waals surface area contributed by atoms with E-state index in [1.54, 1.807) is 0 Å². The van der Waals surface area contributed by atoms with Crippen molar-refractivity contribution in [3.8, 4) is 0 Å². The lowest BCUT2D eigenvalue weighted by atomic mass is 10.1. The number of nitrogens with one attached hydrogen (secondary N) is 1. The molecule has 1 unspecified atom stereocenters. The molecule has 2 nitrogen and oxygen atoms in total. The van der Waals surface area contributed by atoms with Gasteiger partial charge in [0.2, 0.25) is 0 Å². The molecule has 1 saturated heterocycles. The van der Waals surface area contributed by atoms with Crippen molar-refractivity contribution in [2.75, 3.05) is 13.1 Å². The molecule has 0 aromatic heterocycles. The van der Waals surface area contributed by atoms with Crippen LogP contribution < -0.4 is 5.32 Å². The normalized spacial score (nSPS) is 29.7. The zero-order valence-electron chi connectivity index (χ0n) is 7.18. The van der Waals surface area contributed by atoms with Gasteiger partial charge >= 0.3 is 0 Å². The van der Waals surface area contributed by atoms with Gasteiger partial charge in [-0.15, -0.1) is 0 Å². The molecule has 1 aliphatic rings. The maximum absolute atomic E-state index is 9.40. The van der Waals surface area contributed by atoms with Crippen LogP contribution in [0.2, 0.25) is 0 Å². The Morgan fingerprint density at radius 3 is 2.55 bits per heavy atom. The van der Waals surface area contributed by atoms with Gasteiger partial charge in [0.1, 0.15) is 0 Å². The molecule has 2 N–H and O–H groups in total. The Balaban J connectivity index is 2.12. The van der Waals surface area contributed by atoms with Crippen molar-refractivity contribution in [3.05, 3.63) is 0 Å². The number of aliphatic hydroxyl groups excluding tert-OH is 1. The summed E-state index contributed by atoms with van der Waals surface area (Å²) in [6.07, 6.45) is 6.82. The summed E-state index contributed by atoms with van der Waals surface area (Å²) >= 11 is 0. The van der Waals surface area contributed by atoms with Gasteiger partial charge < -0.3 is 10.4 Å². The maximum Gasteiger partial charge on any atom is 0.0540 e. The monoisotopic (exact) mass is 157 g/mol. The first-order valence-electron chi connectivity index (χ1n) is 4.78. The first-order chi connectivity index (χ1) is 5.39. The Labute approximate surface area is 69.0 Å². The van der Waals surface area contributed by atoms with Crippen molar-refractivity contribution in [2.24, 2.45) is 0 Å². The highest BCUT2D eigenvalue weighted by Gasteiger charge is 2.04. The van der Waals surface area contributed by atoms with Gasteiger partial charge in [0.05, 0.1) is 6.10 Å². The van der Waals surface area contributed by atoms with Crippen LogP contribution in [-0.4, -0.2) is 24.3 Å². The predicted molar refractivity (Wildman–Crippen MR) is 46.6 cm³/mol. The predicted octanol–water partition coefficient (Wildman–Crippen LogP) is 1.29. The zero-order chi connectivity index (χ0) is 7.94. The number of hydrogen-bond donors (Lipinski definition) is 2. The highest BCUT2D eigenvalue weighted by molar-refractivity contribution is 4.60. The third kappa shape index (κ3) is 4.38. The summed E-state index contributed by atoms with van der Waals surface area (Å²) < 4.78 is 0. The third-order valence-electron chi connectivity index (χ3n) is 2.28. The first-order valence-corrected chi connectivity index (χ1v) is 4.78. The minimum Gasteiger partial charge on any atom is -0.393 e. The van der Waals surface area contributed by atoms with E-state index in [9.17, 15) is 5.11 Å². The van der Waals surface area contributed by atoms with Gasteiger partial charge in [-0.1, -0.05) is 12.8 Å². The van der Waals surface area contributed by atoms with E-state index in [0.717, 1.165) is 32.4 Å². The second-order valence-electron chi connectivity index (χ2n) is 3.40. The molecule has 1 fully saturated rings. The van der Waals surface area contributed by atoms with Gasteiger partial charge in [-0.25, -0.2) is 0 Å². The minimum absolute atomic E-state index is 0.0325. The molecule has 0 amide bonds. The molecule has 0 aromatic carbocycles. The van der Waals surface area contributed by atoms with E-state index in [2.05, 4.69) is 5.32 Å². The SMILES string of the molecule is OC1CCCCCNCCC1. The average molecular weight is 157 g/mol. The summed E-state index contributed by atoms with van der Waals surface area (Å²) in [7, 11) is 0. The fraction of sp³-hybridized carbons (Fsp3) is 1.00. The van der Waals surface area contributed by atoms with Gasteiger partial charge in [-0.05, 0) is 38.8 Å². The van der Waals surface area contributed by atoms with Gasteiger partial charge in [0, 0.05) is 0 Å². The van der Waals surface area contributed by atoms with Crippen LogP contribution >= 0.6 is 0 Å². The highest BCUT2D eigenvalue weighted by Crippen LogP contribution is 2.08. The smallest absolute Gasteiger partial charge is 0.0540 e. The van der Waals surface area contributed by atoms with Crippen LogP contribution in [0, 0.1) is 0 Å². The van der Waals surface area contributed by atoms with Crippen LogP contribution in [0.1, 0.15) is 38.5 Å². The molecule has 1 heterocycles. The summed E-state index contributed by atoms with van der Waals surface area (Å²) in [6, 6.07) is 0. The molecule has 1 atom stereocenters. The molecule has 0 aliphatic carbocycles. The molecule has 1 aliphatic heterocycles. The Bertz CT molecular complexity index is 85.6. The van der Waals surface area contributed by atoms with E-state index >= 15 is 0 Å². The topological polar surface area (TPSA) is 32.3 Å². The standard InChI is InChI=1S/C9H19NO/c11-9-5-2-1-3-7-10-8-4-6-9/h9-11H,1-8H2. The molecule has 11 heavy (non-hydrogen) atoms. The fourth-order valence-corrected chi connectivity index (χ4v) is 1.54. The van der Waals surface area contributed by atoms with Crippen LogP contribution in [0.5, 0.6) is 0 Å². The zero-order valence-corrected chi connectivity index (χ0v) is 7.18. The van der Waals surface area contributed by atoms with Crippen LogP contribution in [0.15, 0.2) is 0 Å². The van der Waals surface area contributed by atoms with Crippen molar-refractivity contribution < 1.29 is 5.11 Å². The van der Waals surface area contributed by atoms with Gasteiger partial charge in [0.15, 0.2) is 0 Å². The molecule has 1 rings (SSSR count). The molecular weight excluding hydrogens is 138 g/mol. The third-order valence-corrected chi connectivity index (χ3v) is 2.28. The maximum atomic E-state index is 9.40. The molecule has 0 bridgehead atoms. The lowest BCUT2D eigenvalue weighted by Crippen LogP contribution is -2.20. The summed E-state index contributed by atoms with van der Waals surface area (Å²) in [5, 5.41) is 12.8. The molecule has 0 spiro atoms. The van der Waals surface area contributed by atoms with Crippen molar-refractivity contribution >= 4 is 0 Å². The molecule has 0 aromatic rings. The highest BCUT2D eigenvalue weighted by atomic mass is 16.3. The molecule has 2 heteroatoms. The number of hydrogen-bond acceptors (Lipinski definition) is 2. The van der Waals surface area contributed by atoms with Crippen LogP contribution in [0.4, 0.5) is 0 Å². The Hall–Kier alpha value is -0.0800. The summed E-state index contributed by atoms with van der Waals surface area (Å²) in [5.74, 6) is 0. The van der Waals surface area contributed by atoms with Crippen LogP contribution in [0.25, 0.3) is 0 Å². The molecular formula is C9H19NO. The summed E-state index contributed by atoms with van der Waals surface area (Å²) in [5.41, 5.74) is 0. The van der Waals surface area contributed by atoms with Gasteiger partial charge in [-0.3, -0.25) is 0 Å². The van der Waals surface area contributed by atoms with Crippen LogP contribution in [-0.2, 0) is 0 Å². The fourth-order valence-electron chi connectivity index (χ4n) is 1.54. The molecule has 66 valence electrons.